The van der Waals surface area contributed by atoms with Gasteiger partial charge in [0.05, 0.1) is 16.2 Å². The van der Waals surface area contributed by atoms with E-state index >= 15 is 0 Å². The zero-order chi connectivity index (χ0) is 24.1. The molecule has 1 amide bonds. The largest absolute Gasteiger partial charge is 0.369 e. The Morgan fingerprint density at radius 1 is 1.09 bits per heavy atom. The van der Waals surface area contributed by atoms with E-state index in [4.69, 9.17) is 0 Å². The molecule has 1 saturated heterocycles. The maximum Gasteiger partial charge on any atom is 0.271 e. The summed E-state index contributed by atoms with van der Waals surface area (Å²) in [4.78, 5) is 30.7. The fraction of sp³-hybridized carbons (Fsp3) is 0.400. The Morgan fingerprint density at radius 3 is 2.59 bits per heavy atom. The highest BCUT2D eigenvalue weighted by atomic mass is 16.6. The third-order valence-electron chi connectivity index (χ3n) is 7.11. The predicted octanol–water partition coefficient (Wildman–Crippen LogP) is 3.69. The van der Waals surface area contributed by atoms with Crippen molar-refractivity contribution in [1.29, 1.82) is 0 Å². The number of hydrogen-bond donors (Lipinski definition) is 2. The van der Waals surface area contributed by atoms with Gasteiger partial charge in [-0.2, -0.15) is 0 Å². The fourth-order valence-electron chi connectivity index (χ4n) is 4.93. The molecule has 0 saturated carbocycles. The van der Waals surface area contributed by atoms with E-state index in [0.717, 1.165) is 31.1 Å². The summed E-state index contributed by atoms with van der Waals surface area (Å²) >= 11 is 0. The number of anilines is 3. The van der Waals surface area contributed by atoms with Crippen molar-refractivity contribution < 1.29 is 9.72 Å². The molecule has 34 heavy (non-hydrogen) atoms. The standard InChI is InChI=1S/C25H30N6O3/c1-15(2)30-14-17-11-18(29-10-9-28(4)16(3)13-29)6-8-21(17)26-24(30)23-20-7-5-19(31(33)34)12-22(20)27-25(23)32/h5-8,11-12,15-16,26H,9-10,13-14H2,1-4H3,(H,27,32)/b24-23+/t16-/m0/s1. The number of fused-ring (bicyclic) bond motifs is 2. The van der Waals surface area contributed by atoms with Crippen molar-refractivity contribution >= 4 is 34.2 Å². The summed E-state index contributed by atoms with van der Waals surface area (Å²) in [7, 11) is 2.17. The zero-order valence-electron chi connectivity index (χ0n) is 20.0. The summed E-state index contributed by atoms with van der Waals surface area (Å²) < 4.78 is 0. The monoisotopic (exact) mass is 462 g/mol. The number of likely N-dealkylation sites (N-methyl/N-ethyl adjacent to an activating group) is 1. The molecule has 0 spiro atoms. The summed E-state index contributed by atoms with van der Waals surface area (Å²) in [5.41, 5.74) is 5.00. The van der Waals surface area contributed by atoms with E-state index in [0.29, 0.717) is 29.4 Å². The molecule has 2 aromatic rings. The van der Waals surface area contributed by atoms with Crippen LogP contribution < -0.4 is 15.5 Å². The lowest BCUT2D eigenvalue weighted by atomic mass is 10.0. The number of benzene rings is 2. The molecular formula is C25H30N6O3. The molecule has 2 N–H and O–H groups in total. The maximum absolute atomic E-state index is 13.0. The number of carbonyl (C=O) groups excluding carboxylic acids is 1. The summed E-state index contributed by atoms with van der Waals surface area (Å²) in [6.45, 7) is 10.2. The van der Waals surface area contributed by atoms with Crippen molar-refractivity contribution in [1.82, 2.24) is 9.80 Å². The molecule has 9 nitrogen and oxygen atoms in total. The number of amides is 1. The van der Waals surface area contributed by atoms with Crippen molar-refractivity contribution in [3.05, 3.63) is 63.5 Å². The molecule has 2 aromatic carbocycles. The molecular weight excluding hydrogens is 432 g/mol. The summed E-state index contributed by atoms with van der Waals surface area (Å²) in [6, 6.07) is 11.6. The van der Waals surface area contributed by atoms with Crippen LogP contribution in [0.15, 0.2) is 42.2 Å². The van der Waals surface area contributed by atoms with Crippen molar-refractivity contribution in [3.63, 3.8) is 0 Å². The number of rotatable bonds is 3. The third-order valence-corrected chi connectivity index (χ3v) is 7.11. The average Bonchev–Trinajstić information content (AvgIpc) is 3.14. The number of non-ortho nitro benzene ring substituents is 1. The van der Waals surface area contributed by atoms with Crippen LogP contribution in [0, 0.1) is 10.1 Å². The van der Waals surface area contributed by atoms with Gasteiger partial charge in [0.2, 0.25) is 0 Å². The number of hydrogen-bond acceptors (Lipinski definition) is 7. The fourth-order valence-corrected chi connectivity index (χ4v) is 4.93. The van der Waals surface area contributed by atoms with Crippen LogP contribution in [0.4, 0.5) is 22.7 Å². The van der Waals surface area contributed by atoms with Crippen LogP contribution in [0.2, 0.25) is 0 Å². The van der Waals surface area contributed by atoms with Gasteiger partial charge in [0.25, 0.3) is 11.6 Å². The Kier molecular flexibility index (Phi) is 5.44. The second-order valence-corrected chi connectivity index (χ2v) is 9.63. The van der Waals surface area contributed by atoms with E-state index in [1.54, 1.807) is 6.07 Å². The van der Waals surface area contributed by atoms with Crippen LogP contribution in [0.1, 0.15) is 31.9 Å². The molecule has 3 heterocycles. The van der Waals surface area contributed by atoms with E-state index in [1.807, 2.05) is 0 Å². The predicted molar refractivity (Wildman–Crippen MR) is 134 cm³/mol. The first-order valence-corrected chi connectivity index (χ1v) is 11.7. The maximum atomic E-state index is 13.0. The molecule has 3 aliphatic rings. The van der Waals surface area contributed by atoms with Gasteiger partial charge in [-0.3, -0.25) is 14.9 Å². The van der Waals surface area contributed by atoms with Crippen molar-refractivity contribution in [2.75, 3.05) is 42.2 Å². The number of nitrogens with zero attached hydrogens (tertiary/aromatic N) is 4. The molecule has 0 aliphatic carbocycles. The highest BCUT2D eigenvalue weighted by Crippen LogP contribution is 2.40. The van der Waals surface area contributed by atoms with E-state index in [9.17, 15) is 14.9 Å². The van der Waals surface area contributed by atoms with Gasteiger partial charge in [0.15, 0.2) is 0 Å². The quantitative estimate of drug-likeness (QED) is 0.408. The SMILES string of the molecule is CC(C)N1Cc2cc(N3CCN(C)[C@@H](C)C3)ccc2N/C1=C1\C(=O)Nc2cc([N+](=O)[O-])ccc21. The minimum absolute atomic E-state index is 0.0429. The van der Waals surface area contributed by atoms with Gasteiger partial charge in [-0.05, 0) is 57.6 Å². The second kappa shape index (κ2) is 8.32. The number of nitro benzene ring substituents is 1. The molecule has 0 bridgehead atoms. The lowest BCUT2D eigenvalue weighted by molar-refractivity contribution is -0.384. The first kappa shape index (κ1) is 22.2. The Hall–Kier alpha value is -3.59. The van der Waals surface area contributed by atoms with Crippen molar-refractivity contribution in [2.24, 2.45) is 0 Å². The number of carbonyl (C=O) groups is 1. The number of piperazine rings is 1. The normalized spacial score (nSPS) is 22.4. The van der Waals surface area contributed by atoms with Gasteiger partial charge < -0.3 is 25.3 Å². The third kappa shape index (κ3) is 3.75. The minimum Gasteiger partial charge on any atom is -0.369 e. The topological polar surface area (TPSA) is 94.0 Å². The lowest BCUT2D eigenvalue weighted by Crippen LogP contribution is -2.50. The summed E-state index contributed by atoms with van der Waals surface area (Å²) in [5, 5.41) is 17.5. The number of nitro groups is 1. The Balaban J connectivity index is 1.52. The Labute approximate surface area is 199 Å². The Bertz CT molecular complexity index is 1210. The summed E-state index contributed by atoms with van der Waals surface area (Å²) in [6.07, 6.45) is 0. The van der Waals surface area contributed by atoms with E-state index in [2.05, 4.69) is 71.4 Å². The molecule has 5 rings (SSSR count). The zero-order valence-corrected chi connectivity index (χ0v) is 20.0. The first-order valence-electron chi connectivity index (χ1n) is 11.7. The Morgan fingerprint density at radius 2 is 1.88 bits per heavy atom. The van der Waals surface area contributed by atoms with Gasteiger partial charge in [0, 0.05) is 67.3 Å². The van der Waals surface area contributed by atoms with Gasteiger partial charge in [-0.25, -0.2) is 0 Å². The average molecular weight is 463 g/mol. The lowest BCUT2D eigenvalue weighted by Gasteiger charge is -2.41. The molecule has 178 valence electrons. The van der Waals surface area contributed by atoms with Crippen molar-refractivity contribution in [3.8, 4) is 0 Å². The van der Waals surface area contributed by atoms with Crippen LogP contribution in [0.5, 0.6) is 0 Å². The van der Waals surface area contributed by atoms with E-state index in [1.165, 1.54) is 23.4 Å². The highest BCUT2D eigenvalue weighted by Gasteiger charge is 2.34. The van der Waals surface area contributed by atoms with Crippen LogP contribution >= 0.6 is 0 Å². The molecule has 0 radical (unpaired) electrons. The molecule has 9 heteroatoms. The van der Waals surface area contributed by atoms with Gasteiger partial charge in [-0.1, -0.05) is 0 Å². The van der Waals surface area contributed by atoms with Crippen LogP contribution in [-0.2, 0) is 11.3 Å². The molecule has 0 unspecified atom stereocenters. The van der Waals surface area contributed by atoms with E-state index in [-0.39, 0.29) is 17.6 Å². The first-order chi connectivity index (χ1) is 16.2. The van der Waals surface area contributed by atoms with Crippen LogP contribution in [-0.4, -0.2) is 59.4 Å². The van der Waals surface area contributed by atoms with Gasteiger partial charge in [-0.15, -0.1) is 0 Å². The molecule has 1 atom stereocenters. The van der Waals surface area contributed by atoms with E-state index < -0.39 is 4.92 Å². The minimum atomic E-state index is -0.453. The molecule has 1 fully saturated rings. The highest BCUT2D eigenvalue weighted by molar-refractivity contribution is 6.32. The van der Waals surface area contributed by atoms with Gasteiger partial charge >= 0.3 is 0 Å². The van der Waals surface area contributed by atoms with Gasteiger partial charge in [0.1, 0.15) is 5.82 Å². The van der Waals surface area contributed by atoms with Crippen LogP contribution in [0.3, 0.4) is 0 Å². The smallest absolute Gasteiger partial charge is 0.271 e. The molecule has 3 aliphatic heterocycles. The molecule has 0 aromatic heterocycles. The van der Waals surface area contributed by atoms with Crippen LogP contribution in [0.25, 0.3) is 5.57 Å². The van der Waals surface area contributed by atoms with Crippen molar-refractivity contribution in [2.45, 2.75) is 39.4 Å². The number of nitrogens with one attached hydrogen (secondary N) is 2. The second-order valence-electron chi connectivity index (χ2n) is 9.63. The summed E-state index contributed by atoms with van der Waals surface area (Å²) in [5.74, 6) is 0.476.